The first-order chi connectivity index (χ1) is 9.04. The summed E-state index contributed by atoms with van der Waals surface area (Å²) < 4.78 is 10.7. The molecule has 5 heteroatoms. The normalized spacial score (nSPS) is 10.2. The van der Waals surface area contributed by atoms with E-state index in [1.165, 1.54) is 0 Å². The van der Waals surface area contributed by atoms with E-state index in [1.807, 2.05) is 19.1 Å². The third-order valence-electron chi connectivity index (χ3n) is 3.18. The summed E-state index contributed by atoms with van der Waals surface area (Å²) in [6.45, 7) is 2.60. The largest absolute Gasteiger partial charge is 0.496 e. The van der Waals surface area contributed by atoms with Crippen LogP contribution in [0.25, 0.3) is 0 Å². The van der Waals surface area contributed by atoms with E-state index >= 15 is 0 Å². The molecule has 1 rings (SSSR count). The molecule has 0 aliphatic heterocycles. The number of carbonyl (C=O) groups excluding carboxylic acids is 1. The van der Waals surface area contributed by atoms with Crippen molar-refractivity contribution in [3.63, 3.8) is 0 Å². The van der Waals surface area contributed by atoms with Crippen molar-refractivity contribution >= 4 is 5.91 Å². The smallest absolute Gasteiger partial charge is 0.236 e. The number of hydrogen-bond donors (Lipinski definition) is 1. The molecule has 1 aromatic rings. The van der Waals surface area contributed by atoms with Crippen LogP contribution in [0.2, 0.25) is 0 Å². The van der Waals surface area contributed by atoms with Crippen molar-refractivity contribution in [3.05, 3.63) is 23.3 Å². The summed E-state index contributed by atoms with van der Waals surface area (Å²) in [4.78, 5) is 13.0. The second kappa shape index (κ2) is 6.99. The molecule has 0 radical (unpaired) electrons. The van der Waals surface area contributed by atoms with Gasteiger partial charge in [0.2, 0.25) is 5.91 Å². The maximum absolute atomic E-state index is 11.4. The molecule has 0 saturated carbocycles. The molecule has 0 aliphatic carbocycles. The quantitative estimate of drug-likeness (QED) is 0.833. The number of likely N-dealkylation sites (N-methyl/N-ethyl adjacent to an activating group) is 1. The summed E-state index contributed by atoms with van der Waals surface area (Å²) in [5.41, 5.74) is 7.35. The Kier molecular flexibility index (Phi) is 5.63. The van der Waals surface area contributed by atoms with Crippen LogP contribution in [0, 0.1) is 6.92 Å². The number of benzene rings is 1. The zero-order valence-electron chi connectivity index (χ0n) is 12.0. The van der Waals surface area contributed by atoms with Gasteiger partial charge in [0.25, 0.3) is 0 Å². The van der Waals surface area contributed by atoms with Crippen molar-refractivity contribution in [1.82, 2.24) is 4.90 Å². The maximum Gasteiger partial charge on any atom is 0.236 e. The summed E-state index contributed by atoms with van der Waals surface area (Å²) in [6.07, 6.45) is 0.718. The second-order valence-corrected chi connectivity index (χ2v) is 4.35. The lowest BCUT2D eigenvalue weighted by Gasteiger charge is -2.18. The average Bonchev–Trinajstić information content (AvgIpc) is 2.43. The van der Waals surface area contributed by atoms with Gasteiger partial charge in [-0.25, -0.2) is 0 Å². The fraction of sp³-hybridized carbons (Fsp3) is 0.500. The lowest BCUT2D eigenvalue weighted by Crippen LogP contribution is -2.34. The van der Waals surface area contributed by atoms with Crippen molar-refractivity contribution in [2.75, 3.05) is 34.4 Å². The summed E-state index contributed by atoms with van der Waals surface area (Å²) in [7, 11) is 5.02. The van der Waals surface area contributed by atoms with Gasteiger partial charge in [-0.2, -0.15) is 0 Å². The van der Waals surface area contributed by atoms with Gasteiger partial charge in [-0.15, -0.1) is 0 Å². The van der Waals surface area contributed by atoms with E-state index in [0.717, 1.165) is 29.0 Å². The van der Waals surface area contributed by atoms with Crippen molar-refractivity contribution in [3.8, 4) is 11.5 Å². The minimum absolute atomic E-state index is 0.0370. The number of amides is 1. The molecule has 0 saturated heterocycles. The number of methoxy groups -OCH3 is 2. The van der Waals surface area contributed by atoms with Gasteiger partial charge in [-0.3, -0.25) is 4.79 Å². The van der Waals surface area contributed by atoms with Crippen molar-refractivity contribution < 1.29 is 14.3 Å². The fourth-order valence-corrected chi connectivity index (χ4v) is 2.00. The van der Waals surface area contributed by atoms with Gasteiger partial charge in [0.15, 0.2) is 0 Å². The van der Waals surface area contributed by atoms with E-state index < -0.39 is 0 Å². The van der Waals surface area contributed by atoms with Gasteiger partial charge in [0.1, 0.15) is 11.5 Å². The first-order valence-corrected chi connectivity index (χ1v) is 6.19. The van der Waals surface area contributed by atoms with E-state index in [-0.39, 0.29) is 12.5 Å². The lowest BCUT2D eigenvalue weighted by molar-refractivity contribution is -0.128. The highest BCUT2D eigenvalue weighted by atomic mass is 16.5. The van der Waals surface area contributed by atoms with Crippen LogP contribution < -0.4 is 15.2 Å². The van der Waals surface area contributed by atoms with Crippen LogP contribution in [0.4, 0.5) is 0 Å². The molecule has 1 aromatic carbocycles. The molecule has 0 aromatic heterocycles. The zero-order valence-corrected chi connectivity index (χ0v) is 12.0. The number of rotatable bonds is 6. The average molecular weight is 266 g/mol. The first kappa shape index (κ1) is 15.3. The monoisotopic (exact) mass is 266 g/mol. The Bertz CT molecular complexity index is 447. The predicted molar refractivity (Wildman–Crippen MR) is 74.7 cm³/mol. The third kappa shape index (κ3) is 3.61. The minimum atomic E-state index is -0.0656. The van der Waals surface area contributed by atoms with Gasteiger partial charge >= 0.3 is 0 Å². The Labute approximate surface area is 114 Å². The molecule has 0 atom stereocenters. The minimum Gasteiger partial charge on any atom is -0.496 e. The van der Waals surface area contributed by atoms with Gasteiger partial charge < -0.3 is 20.1 Å². The SMILES string of the molecule is COc1ccc(CCN(C)C(=O)CN)c(OC)c1C. The second-order valence-electron chi connectivity index (χ2n) is 4.35. The van der Waals surface area contributed by atoms with E-state index in [0.29, 0.717) is 6.54 Å². The van der Waals surface area contributed by atoms with Crippen LogP contribution >= 0.6 is 0 Å². The summed E-state index contributed by atoms with van der Waals surface area (Å²) in [5, 5.41) is 0. The Morgan fingerprint density at radius 1 is 1.32 bits per heavy atom. The Hall–Kier alpha value is -1.75. The molecule has 5 nitrogen and oxygen atoms in total. The van der Waals surface area contributed by atoms with Crippen LogP contribution in [-0.2, 0) is 11.2 Å². The zero-order chi connectivity index (χ0) is 14.4. The van der Waals surface area contributed by atoms with Gasteiger partial charge in [0.05, 0.1) is 20.8 Å². The Morgan fingerprint density at radius 2 is 2.00 bits per heavy atom. The van der Waals surface area contributed by atoms with Crippen LogP contribution in [-0.4, -0.2) is 45.2 Å². The number of nitrogens with two attached hydrogens (primary N) is 1. The standard InChI is InChI=1S/C14H22N2O3/c1-10-12(18-3)6-5-11(14(10)19-4)7-8-16(2)13(17)9-15/h5-6H,7-9,15H2,1-4H3. The molecule has 0 aliphatic rings. The van der Waals surface area contributed by atoms with Gasteiger partial charge in [-0.1, -0.05) is 6.07 Å². The Balaban J connectivity index is 2.84. The highest BCUT2D eigenvalue weighted by Crippen LogP contribution is 2.31. The number of ether oxygens (including phenoxy) is 2. The molecule has 1 amide bonds. The summed E-state index contributed by atoms with van der Waals surface area (Å²) >= 11 is 0. The van der Waals surface area contributed by atoms with Crippen molar-refractivity contribution in [2.45, 2.75) is 13.3 Å². The molecule has 0 heterocycles. The predicted octanol–water partition coefficient (Wildman–Crippen LogP) is 0.972. The third-order valence-corrected chi connectivity index (χ3v) is 3.18. The molecule has 19 heavy (non-hydrogen) atoms. The van der Waals surface area contributed by atoms with Crippen LogP contribution in [0.3, 0.4) is 0 Å². The first-order valence-electron chi connectivity index (χ1n) is 6.19. The molecule has 0 spiro atoms. The fourth-order valence-electron chi connectivity index (χ4n) is 2.00. The summed E-state index contributed by atoms with van der Waals surface area (Å²) in [5.74, 6) is 1.55. The number of carbonyl (C=O) groups is 1. The molecule has 0 bridgehead atoms. The topological polar surface area (TPSA) is 64.8 Å². The molecule has 2 N–H and O–H groups in total. The molecular formula is C14H22N2O3. The summed E-state index contributed by atoms with van der Waals surface area (Å²) in [6, 6.07) is 3.88. The lowest BCUT2D eigenvalue weighted by atomic mass is 10.1. The molecular weight excluding hydrogens is 244 g/mol. The molecule has 106 valence electrons. The van der Waals surface area contributed by atoms with Crippen molar-refractivity contribution in [1.29, 1.82) is 0 Å². The van der Waals surface area contributed by atoms with E-state index in [9.17, 15) is 4.79 Å². The van der Waals surface area contributed by atoms with Gasteiger partial charge in [0, 0.05) is 19.2 Å². The van der Waals surface area contributed by atoms with E-state index in [1.54, 1.807) is 26.2 Å². The maximum atomic E-state index is 11.4. The van der Waals surface area contributed by atoms with Crippen LogP contribution in [0.15, 0.2) is 12.1 Å². The number of hydrogen-bond acceptors (Lipinski definition) is 4. The van der Waals surface area contributed by atoms with Crippen molar-refractivity contribution in [2.24, 2.45) is 5.73 Å². The van der Waals surface area contributed by atoms with E-state index in [2.05, 4.69) is 0 Å². The molecule has 0 unspecified atom stereocenters. The van der Waals surface area contributed by atoms with Crippen LogP contribution in [0.5, 0.6) is 11.5 Å². The molecule has 0 fully saturated rings. The van der Waals surface area contributed by atoms with Gasteiger partial charge in [-0.05, 0) is 25.0 Å². The number of nitrogens with zero attached hydrogens (tertiary/aromatic N) is 1. The highest BCUT2D eigenvalue weighted by Gasteiger charge is 2.13. The Morgan fingerprint density at radius 3 is 2.53 bits per heavy atom. The highest BCUT2D eigenvalue weighted by molar-refractivity contribution is 5.77. The van der Waals surface area contributed by atoms with E-state index in [4.69, 9.17) is 15.2 Å². The van der Waals surface area contributed by atoms with Crippen LogP contribution in [0.1, 0.15) is 11.1 Å².